The van der Waals surface area contributed by atoms with Crippen LogP contribution in [0.25, 0.3) is 0 Å². The van der Waals surface area contributed by atoms with Crippen LogP contribution in [-0.2, 0) is 0 Å². The van der Waals surface area contributed by atoms with Crippen LogP contribution < -0.4 is 10.6 Å². The van der Waals surface area contributed by atoms with Crippen LogP contribution >= 0.6 is 0 Å². The SMILES string of the molecule is CCC(C)NC(=O)N1CCNCC1C. The van der Waals surface area contributed by atoms with E-state index in [-0.39, 0.29) is 12.1 Å². The summed E-state index contributed by atoms with van der Waals surface area (Å²) in [5.41, 5.74) is 0. The second-order valence-corrected chi connectivity index (χ2v) is 4.01. The predicted molar refractivity (Wildman–Crippen MR) is 57.3 cm³/mol. The van der Waals surface area contributed by atoms with Crippen LogP contribution in [0.2, 0.25) is 0 Å². The monoisotopic (exact) mass is 199 g/mol. The van der Waals surface area contributed by atoms with Crippen LogP contribution in [0.5, 0.6) is 0 Å². The van der Waals surface area contributed by atoms with Gasteiger partial charge < -0.3 is 15.5 Å². The molecule has 2 N–H and O–H groups in total. The van der Waals surface area contributed by atoms with Crippen molar-refractivity contribution >= 4 is 6.03 Å². The lowest BCUT2D eigenvalue weighted by molar-refractivity contribution is 0.161. The quantitative estimate of drug-likeness (QED) is 0.690. The van der Waals surface area contributed by atoms with Gasteiger partial charge in [-0.3, -0.25) is 0 Å². The first kappa shape index (κ1) is 11.3. The maximum absolute atomic E-state index is 11.8. The van der Waals surface area contributed by atoms with Gasteiger partial charge in [0.1, 0.15) is 0 Å². The van der Waals surface area contributed by atoms with E-state index in [4.69, 9.17) is 0 Å². The Balaban J connectivity index is 2.42. The summed E-state index contributed by atoms with van der Waals surface area (Å²) in [6.07, 6.45) is 0.978. The van der Waals surface area contributed by atoms with Gasteiger partial charge in [0, 0.05) is 31.7 Å². The third-order valence-corrected chi connectivity index (χ3v) is 2.74. The molecule has 2 unspecified atom stereocenters. The van der Waals surface area contributed by atoms with Crippen LogP contribution in [0.3, 0.4) is 0 Å². The Morgan fingerprint density at radius 1 is 1.71 bits per heavy atom. The number of nitrogens with one attached hydrogen (secondary N) is 2. The highest BCUT2D eigenvalue weighted by molar-refractivity contribution is 5.75. The van der Waals surface area contributed by atoms with E-state index < -0.39 is 0 Å². The Morgan fingerprint density at radius 2 is 2.43 bits per heavy atom. The summed E-state index contributed by atoms with van der Waals surface area (Å²) in [5, 5.41) is 6.25. The van der Waals surface area contributed by atoms with Crippen molar-refractivity contribution in [1.82, 2.24) is 15.5 Å². The molecule has 4 heteroatoms. The van der Waals surface area contributed by atoms with E-state index >= 15 is 0 Å². The molecule has 1 aliphatic heterocycles. The molecule has 2 amide bonds. The highest BCUT2D eigenvalue weighted by Crippen LogP contribution is 2.03. The Labute approximate surface area is 86.0 Å². The Kier molecular flexibility index (Phi) is 4.20. The second-order valence-electron chi connectivity index (χ2n) is 4.01. The molecule has 1 fully saturated rings. The second kappa shape index (κ2) is 5.20. The maximum atomic E-state index is 11.8. The molecule has 1 heterocycles. The molecular formula is C10H21N3O. The summed E-state index contributed by atoms with van der Waals surface area (Å²) < 4.78 is 0. The summed E-state index contributed by atoms with van der Waals surface area (Å²) in [6, 6.07) is 0.644. The van der Waals surface area contributed by atoms with Crippen LogP contribution in [0.4, 0.5) is 4.79 Å². The average Bonchev–Trinajstić information content (AvgIpc) is 2.18. The zero-order valence-electron chi connectivity index (χ0n) is 9.34. The first-order valence-corrected chi connectivity index (χ1v) is 5.43. The number of carbonyl (C=O) groups is 1. The lowest BCUT2D eigenvalue weighted by Crippen LogP contribution is -2.56. The van der Waals surface area contributed by atoms with Crippen molar-refractivity contribution in [1.29, 1.82) is 0 Å². The highest BCUT2D eigenvalue weighted by atomic mass is 16.2. The van der Waals surface area contributed by atoms with E-state index in [1.165, 1.54) is 0 Å². The zero-order valence-corrected chi connectivity index (χ0v) is 9.34. The number of amides is 2. The third-order valence-electron chi connectivity index (χ3n) is 2.74. The van der Waals surface area contributed by atoms with Crippen molar-refractivity contribution in [3.05, 3.63) is 0 Å². The Bertz CT molecular complexity index is 196. The van der Waals surface area contributed by atoms with Gasteiger partial charge in [0.05, 0.1) is 0 Å². The summed E-state index contributed by atoms with van der Waals surface area (Å²) in [4.78, 5) is 13.7. The number of hydrogen-bond acceptors (Lipinski definition) is 2. The average molecular weight is 199 g/mol. The molecule has 0 aromatic carbocycles. The number of hydrogen-bond donors (Lipinski definition) is 2. The van der Waals surface area contributed by atoms with Gasteiger partial charge in [0.2, 0.25) is 0 Å². The predicted octanol–water partition coefficient (Wildman–Crippen LogP) is 0.788. The molecule has 0 bridgehead atoms. The van der Waals surface area contributed by atoms with E-state index in [1.54, 1.807) is 0 Å². The van der Waals surface area contributed by atoms with Gasteiger partial charge in [-0.25, -0.2) is 4.79 Å². The van der Waals surface area contributed by atoms with Gasteiger partial charge in [-0.05, 0) is 20.3 Å². The van der Waals surface area contributed by atoms with Crippen molar-refractivity contribution in [2.24, 2.45) is 0 Å². The fraction of sp³-hybridized carbons (Fsp3) is 0.900. The molecule has 0 radical (unpaired) electrons. The molecule has 1 aliphatic rings. The summed E-state index contributed by atoms with van der Waals surface area (Å²) in [6.45, 7) is 8.79. The summed E-state index contributed by atoms with van der Waals surface area (Å²) >= 11 is 0. The van der Waals surface area contributed by atoms with Gasteiger partial charge in [-0.2, -0.15) is 0 Å². The van der Waals surface area contributed by atoms with Gasteiger partial charge in [-0.15, -0.1) is 0 Å². The van der Waals surface area contributed by atoms with E-state index in [1.807, 2.05) is 11.8 Å². The first-order chi connectivity index (χ1) is 6.65. The van der Waals surface area contributed by atoms with Gasteiger partial charge >= 0.3 is 6.03 Å². The Morgan fingerprint density at radius 3 is 3.00 bits per heavy atom. The number of carbonyl (C=O) groups excluding carboxylic acids is 1. The van der Waals surface area contributed by atoms with Gasteiger partial charge in [-0.1, -0.05) is 6.92 Å². The minimum atomic E-state index is 0.0772. The van der Waals surface area contributed by atoms with Gasteiger partial charge in [0.25, 0.3) is 0 Å². The van der Waals surface area contributed by atoms with Crippen LogP contribution in [0.15, 0.2) is 0 Å². The van der Waals surface area contributed by atoms with Crippen molar-refractivity contribution in [3.63, 3.8) is 0 Å². The molecule has 1 rings (SSSR count). The lowest BCUT2D eigenvalue weighted by atomic mass is 10.2. The van der Waals surface area contributed by atoms with E-state index in [0.717, 1.165) is 26.1 Å². The standard InChI is InChI=1S/C10H21N3O/c1-4-8(2)12-10(14)13-6-5-11-7-9(13)3/h8-9,11H,4-7H2,1-3H3,(H,12,14). The number of urea groups is 1. The van der Waals surface area contributed by atoms with Crippen LogP contribution in [0, 0.1) is 0 Å². The number of nitrogens with zero attached hydrogens (tertiary/aromatic N) is 1. The molecule has 0 aliphatic carbocycles. The number of rotatable bonds is 2. The molecule has 4 nitrogen and oxygen atoms in total. The fourth-order valence-electron chi connectivity index (χ4n) is 1.54. The summed E-state index contributed by atoms with van der Waals surface area (Å²) in [5.74, 6) is 0. The molecular weight excluding hydrogens is 178 g/mol. The highest BCUT2D eigenvalue weighted by Gasteiger charge is 2.23. The molecule has 0 aromatic rings. The third kappa shape index (κ3) is 2.87. The van der Waals surface area contributed by atoms with Gasteiger partial charge in [0.15, 0.2) is 0 Å². The molecule has 0 aromatic heterocycles. The van der Waals surface area contributed by atoms with Crippen molar-refractivity contribution in [2.75, 3.05) is 19.6 Å². The molecule has 2 atom stereocenters. The normalized spacial score (nSPS) is 24.5. The zero-order chi connectivity index (χ0) is 10.6. The number of piperazine rings is 1. The molecule has 14 heavy (non-hydrogen) atoms. The first-order valence-electron chi connectivity index (χ1n) is 5.43. The minimum absolute atomic E-state index is 0.0772. The van der Waals surface area contributed by atoms with E-state index in [0.29, 0.717) is 6.04 Å². The van der Waals surface area contributed by atoms with Crippen molar-refractivity contribution < 1.29 is 4.79 Å². The van der Waals surface area contributed by atoms with E-state index in [2.05, 4.69) is 24.5 Å². The van der Waals surface area contributed by atoms with E-state index in [9.17, 15) is 4.79 Å². The lowest BCUT2D eigenvalue weighted by Gasteiger charge is -2.34. The Hall–Kier alpha value is -0.770. The van der Waals surface area contributed by atoms with Crippen LogP contribution in [-0.4, -0.2) is 42.6 Å². The van der Waals surface area contributed by atoms with Crippen LogP contribution in [0.1, 0.15) is 27.2 Å². The maximum Gasteiger partial charge on any atom is 0.317 e. The molecule has 0 spiro atoms. The smallest absolute Gasteiger partial charge is 0.317 e. The molecule has 82 valence electrons. The van der Waals surface area contributed by atoms with Crippen molar-refractivity contribution in [3.8, 4) is 0 Å². The molecule has 0 saturated carbocycles. The van der Waals surface area contributed by atoms with Crippen molar-refractivity contribution in [2.45, 2.75) is 39.3 Å². The topological polar surface area (TPSA) is 44.4 Å². The molecule has 1 saturated heterocycles. The summed E-state index contributed by atoms with van der Waals surface area (Å²) in [7, 11) is 0. The minimum Gasteiger partial charge on any atom is -0.336 e. The fourth-order valence-corrected chi connectivity index (χ4v) is 1.54. The largest absolute Gasteiger partial charge is 0.336 e.